The predicted molar refractivity (Wildman–Crippen MR) is 113 cm³/mol. The van der Waals surface area contributed by atoms with E-state index in [0.717, 1.165) is 42.5 Å². The third-order valence-electron chi connectivity index (χ3n) is 4.92. The number of ether oxygens (including phenoxy) is 1. The standard InChI is InChI=1S/C19H29BrN2O2.C2H6/c1-5-15-8-10-21(3)11-9-16(15)18(20)19-14(2)6-7-17(23)22(19)12-13-24-4;1-2/h5H,6-13H2,1-4H3;1-2H3/b15-5-,18-16+;. The second kappa shape index (κ2) is 11.7. The molecule has 0 N–H and O–H groups in total. The molecule has 0 aromatic heterocycles. The molecule has 1 amide bonds. The Bertz CT molecular complexity index is 579. The van der Waals surface area contributed by atoms with Gasteiger partial charge in [-0.2, -0.15) is 0 Å². The number of allylic oxidation sites excluding steroid dienone is 3. The topological polar surface area (TPSA) is 32.8 Å². The van der Waals surface area contributed by atoms with Gasteiger partial charge < -0.3 is 14.5 Å². The first kappa shape index (κ1) is 23.1. The minimum Gasteiger partial charge on any atom is -0.383 e. The first-order chi connectivity index (χ1) is 12.5. The van der Waals surface area contributed by atoms with Crippen LogP contribution in [0.25, 0.3) is 0 Å². The molecule has 0 aromatic rings. The van der Waals surface area contributed by atoms with E-state index in [1.807, 2.05) is 18.7 Å². The lowest BCUT2D eigenvalue weighted by Gasteiger charge is -2.32. The number of rotatable bonds is 4. The van der Waals surface area contributed by atoms with Crippen molar-refractivity contribution in [2.45, 2.75) is 53.4 Å². The Morgan fingerprint density at radius 1 is 1.19 bits per heavy atom. The van der Waals surface area contributed by atoms with E-state index in [4.69, 9.17) is 4.74 Å². The van der Waals surface area contributed by atoms with Gasteiger partial charge in [0.25, 0.3) is 0 Å². The highest BCUT2D eigenvalue weighted by Crippen LogP contribution is 2.37. The van der Waals surface area contributed by atoms with Crippen molar-refractivity contribution in [3.8, 4) is 0 Å². The van der Waals surface area contributed by atoms with Crippen molar-refractivity contribution in [3.63, 3.8) is 0 Å². The van der Waals surface area contributed by atoms with Crippen LogP contribution in [-0.4, -0.2) is 56.1 Å². The van der Waals surface area contributed by atoms with E-state index < -0.39 is 0 Å². The molecule has 26 heavy (non-hydrogen) atoms. The van der Waals surface area contributed by atoms with E-state index in [-0.39, 0.29) is 5.91 Å². The molecule has 2 aliphatic heterocycles. The van der Waals surface area contributed by atoms with Gasteiger partial charge in [-0.1, -0.05) is 19.9 Å². The first-order valence-electron chi connectivity index (χ1n) is 9.71. The molecule has 1 saturated heterocycles. The fraction of sp³-hybridized carbons (Fsp3) is 0.667. The number of carbonyl (C=O) groups is 1. The summed E-state index contributed by atoms with van der Waals surface area (Å²) in [6, 6.07) is 0. The average Bonchev–Trinajstić information content (AvgIpc) is 2.84. The van der Waals surface area contributed by atoms with Gasteiger partial charge in [-0.3, -0.25) is 4.79 Å². The molecule has 148 valence electrons. The fourth-order valence-electron chi connectivity index (χ4n) is 3.38. The van der Waals surface area contributed by atoms with Crippen molar-refractivity contribution in [1.29, 1.82) is 0 Å². The van der Waals surface area contributed by atoms with Crippen LogP contribution >= 0.6 is 15.9 Å². The van der Waals surface area contributed by atoms with Crippen LogP contribution in [0.15, 0.2) is 33.0 Å². The zero-order valence-corrected chi connectivity index (χ0v) is 18.9. The highest BCUT2D eigenvalue weighted by molar-refractivity contribution is 9.12. The molecule has 2 heterocycles. The molecule has 0 unspecified atom stereocenters. The number of hydrogen-bond acceptors (Lipinski definition) is 3. The third kappa shape index (κ3) is 5.80. The largest absolute Gasteiger partial charge is 0.383 e. The zero-order chi connectivity index (χ0) is 19.7. The number of nitrogens with zero attached hydrogens (tertiary/aromatic N) is 2. The summed E-state index contributed by atoms with van der Waals surface area (Å²) in [7, 11) is 3.85. The Hall–Kier alpha value is -0.910. The fourth-order valence-corrected chi connectivity index (χ4v) is 4.38. The maximum atomic E-state index is 12.5. The van der Waals surface area contributed by atoms with Gasteiger partial charge in [0.1, 0.15) is 0 Å². The van der Waals surface area contributed by atoms with Crippen molar-refractivity contribution in [2.75, 3.05) is 40.4 Å². The van der Waals surface area contributed by atoms with Crippen molar-refractivity contribution in [3.05, 3.63) is 33.0 Å². The first-order valence-corrected chi connectivity index (χ1v) is 10.5. The summed E-state index contributed by atoms with van der Waals surface area (Å²) >= 11 is 3.86. The third-order valence-corrected chi connectivity index (χ3v) is 5.78. The number of halogens is 1. The molecule has 0 aromatic carbocycles. The molecule has 0 atom stereocenters. The van der Waals surface area contributed by atoms with E-state index in [2.05, 4.69) is 47.8 Å². The van der Waals surface area contributed by atoms with E-state index >= 15 is 0 Å². The molecular formula is C21H35BrN2O2. The molecule has 2 aliphatic rings. The van der Waals surface area contributed by atoms with Gasteiger partial charge in [0.2, 0.25) is 5.91 Å². The Morgan fingerprint density at radius 2 is 1.85 bits per heavy atom. The van der Waals surface area contributed by atoms with Crippen LogP contribution in [0.1, 0.15) is 53.4 Å². The predicted octanol–water partition coefficient (Wildman–Crippen LogP) is 4.88. The van der Waals surface area contributed by atoms with E-state index in [9.17, 15) is 4.79 Å². The number of methoxy groups -OCH3 is 1. The Balaban J connectivity index is 0.00000163. The van der Waals surface area contributed by atoms with Crippen molar-refractivity contribution in [1.82, 2.24) is 9.80 Å². The maximum absolute atomic E-state index is 12.5. The molecule has 4 nitrogen and oxygen atoms in total. The van der Waals surface area contributed by atoms with Gasteiger partial charge in [-0.05, 0) is 72.8 Å². The van der Waals surface area contributed by atoms with Crippen LogP contribution in [-0.2, 0) is 9.53 Å². The summed E-state index contributed by atoms with van der Waals surface area (Å²) < 4.78 is 6.30. The summed E-state index contributed by atoms with van der Waals surface area (Å²) in [6.07, 6.45) is 5.70. The van der Waals surface area contributed by atoms with E-state index in [0.29, 0.717) is 19.6 Å². The number of likely N-dealkylation sites (tertiary alicyclic amines) is 1. The van der Waals surface area contributed by atoms with Crippen molar-refractivity contribution in [2.24, 2.45) is 0 Å². The summed E-state index contributed by atoms with van der Waals surface area (Å²) in [5.74, 6) is 0.193. The summed E-state index contributed by atoms with van der Waals surface area (Å²) in [4.78, 5) is 16.8. The Labute approximate surface area is 168 Å². The maximum Gasteiger partial charge on any atom is 0.227 e. The molecule has 1 fully saturated rings. The van der Waals surface area contributed by atoms with Crippen molar-refractivity contribution < 1.29 is 9.53 Å². The van der Waals surface area contributed by atoms with Gasteiger partial charge in [0.05, 0.1) is 12.3 Å². The lowest BCUT2D eigenvalue weighted by atomic mass is 9.95. The minimum absolute atomic E-state index is 0.193. The molecule has 0 spiro atoms. The highest BCUT2D eigenvalue weighted by Gasteiger charge is 2.28. The average molecular weight is 427 g/mol. The van der Waals surface area contributed by atoms with Gasteiger partial charge in [-0.15, -0.1) is 0 Å². The highest BCUT2D eigenvalue weighted by atomic mass is 79.9. The minimum atomic E-state index is 0.193. The van der Waals surface area contributed by atoms with Crippen LogP contribution in [0.5, 0.6) is 0 Å². The lowest BCUT2D eigenvalue weighted by molar-refractivity contribution is -0.130. The molecule has 5 heteroatoms. The monoisotopic (exact) mass is 426 g/mol. The zero-order valence-electron chi connectivity index (χ0n) is 17.3. The van der Waals surface area contributed by atoms with Gasteiger partial charge in [0, 0.05) is 37.6 Å². The van der Waals surface area contributed by atoms with E-state index in [1.165, 1.54) is 16.7 Å². The van der Waals surface area contributed by atoms with Crippen LogP contribution < -0.4 is 0 Å². The molecule has 0 aliphatic carbocycles. The van der Waals surface area contributed by atoms with E-state index in [1.54, 1.807) is 7.11 Å². The second-order valence-electron chi connectivity index (χ2n) is 6.58. The number of amides is 1. The smallest absolute Gasteiger partial charge is 0.227 e. The SMILES string of the molecule is C/C=C1/CCN(C)CC/C1=C(\Br)C1=C(C)CCC(=O)N1CCOC.CC. The quantitative estimate of drug-likeness (QED) is 0.641. The normalized spacial score (nSPS) is 23.0. The molecule has 0 saturated carbocycles. The van der Waals surface area contributed by atoms with Crippen molar-refractivity contribution >= 4 is 21.8 Å². The molecular weight excluding hydrogens is 392 g/mol. The Kier molecular flexibility index (Phi) is 10.4. The summed E-state index contributed by atoms with van der Waals surface area (Å²) in [5, 5.41) is 0. The Morgan fingerprint density at radius 3 is 2.46 bits per heavy atom. The summed E-state index contributed by atoms with van der Waals surface area (Å²) in [6.45, 7) is 11.5. The van der Waals surface area contributed by atoms with Crippen LogP contribution in [0.4, 0.5) is 0 Å². The van der Waals surface area contributed by atoms with Crippen LogP contribution in [0, 0.1) is 0 Å². The summed E-state index contributed by atoms with van der Waals surface area (Å²) in [5.41, 5.74) is 5.06. The van der Waals surface area contributed by atoms with Gasteiger partial charge in [0.15, 0.2) is 0 Å². The van der Waals surface area contributed by atoms with Crippen LogP contribution in [0.3, 0.4) is 0 Å². The van der Waals surface area contributed by atoms with Gasteiger partial charge >= 0.3 is 0 Å². The molecule has 0 radical (unpaired) electrons. The van der Waals surface area contributed by atoms with Crippen LogP contribution in [0.2, 0.25) is 0 Å². The molecule has 0 bridgehead atoms. The lowest BCUT2D eigenvalue weighted by Crippen LogP contribution is -2.36. The second-order valence-corrected chi connectivity index (χ2v) is 7.37. The number of hydrogen-bond donors (Lipinski definition) is 0. The van der Waals surface area contributed by atoms with Gasteiger partial charge in [-0.25, -0.2) is 0 Å². The molecule has 2 rings (SSSR count). The number of carbonyl (C=O) groups excluding carboxylic acids is 1.